The largest absolute Gasteiger partial charge is 0.493 e. The number of rotatable bonds is 5. The fourth-order valence-corrected chi connectivity index (χ4v) is 2.51. The van der Waals surface area contributed by atoms with Crippen LogP contribution in [0.5, 0.6) is 11.5 Å². The molecule has 2 rings (SSSR count). The van der Waals surface area contributed by atoms with E-state index in [0.717, 1.165) is 5.56 Å². The van der Waals surface area contributed by atoms with E-state index < -0.39 is 0 Å². The Labute approximate surface area is 123 Å². The van der Waals surface area contributed by atoms with Crippen LogP contribution in [0.3, 0.4) is 0 Å². The molecule has 108 valence electrons. The number of nitrogens with zero attached hydrogens (tertiary/aromatic N) is 1. The summed E-state index contributed by atoms with van der Waals surface area (Å²) < 4.78 is 10.5. The minimum Gasteiger partial charge on any atom is -0.493 e. The molecular formula is C14H18N2O3S. The van der Waals surface area contributed by atoms with Gasteiger partial charge in [0.15, 0.2) is 16.6 Å². The van der Waals surface area contributed by atoms with E-state index in [-0.39, 0.29) is 11.9 Å². The Bertz CT molecular complexity index is 533. The first-order valence-electron chi connectivity index (χ1n) is 6.39. The molecule has 0 aromatic heterocycles. The van der Waals surface area contributed by atoms with Gasteiger partial charge in [-0.1, -0.05) is 6.07 Å². The highest BCUT2D eigenvalue weighted by Crippen LogP contribution is 2.27. The predicted molar refractivity (Wildman–Crippen MR) is 80.2 cm³/mol. The van der Waals surface area contributed by atoms with E-state index in [9.17, 15) is 4.79 Å². The molecule has 1 N–H and O–H groups in total. The average Bonchev–Trinajstić information content (AvgIpc) is 2.70. The maximum atomic E-state index is 11.9. The van der Waals surface area contributed by atoms with Crippen molar-refractivity contribution in [2.75, 3.05) is 20.8 Å². The van der Waals surface area contributed by atoms with Crippen LogP contribution < -0.4 is 14.8 Å². The van der Waals surface area contributed by atoms with Gasteiger partial charge in [-0.15, -0.1) is 0 Å². The number of hydrogen-bond donors (Lipinski definition) is 1. The Morgan fingerprint density at radius 2 is 2.00 bits per heavy atom. The fraction of sp³-hybridized carbons (Fsp3) is 0.429. The number of ether oxygens (including phenoxy) is 2. The maximum Gasteiger partial charge on any atom is 0.251 e. The summed E-state index contributed by atoms with van der Waals surface area (Å²) in [6.45, 7) is 2.37. The number of methoxy groups -OCH3 is 2. The van der Waals surface area contributed by atoms with E-state index >= 15 is 0 Å². The molecule has 0 saturated carbocycles. The van der Waals surface area contributed by atoms with Crippen molar-refractivity contribution in [1.82, 2.24) is 10.2 Å². The van der Waals surface area contributed by atoms with Gasteiger partial charge in [0.2, 0.25) is 0 Å². The van der Waals surface area contributed by atoms with Crippen molar-refractivity contribution in [3.63, 3.8) is 0 Å². The second-order valence-electron chi connectivity index (χ2n) is 4.60. The first kappa shape index (κ1) is 14.6. The third-order valence-corrected chi connectivity index (χ3v) is 3.63. The number of carbonyl (C=O) groups is 1. The maximum absolute atomic E-state index is 11.9. The molecule has 0 spiro atoms. The Morgan fingerprint density at radius 3 is 2.55 bits per heavy atom. The van der Waals surface area contributed by atoms with Crippen molar-refractivity contribution < 1.29 is 14.3 Å². The molecule has 1 saturated heterocycles. The molecule has 0 radical (unpaired) electrons. The van der Waals surface area contributed by atoms with Gasteiger partial charge < -0.3 is 14.8 Å². The molecule has 1 aromatic rings. The summed E-state index contributed by atoms with van der Waals surface area (Å²) in [5.74, 6) is 1.40. The van der Waals surface area contributed by atoms with Gasteiger partial charge in [-0.05, 0) is 43.3 Å². The number of amides is 1. The molecule has 1 heterocycles. The van der Waals surface area contributed by atoms with Gasteiger partial charge in [0.1, 0.15) is 6.04 Å². The highest BCUT2D eigenvalue weighted by molar-refractivity contribution is 7.80. The number of benzene rings is 1. The SMILES string of the molecule is COc1ccc(CCN2C(=O)C(C)NC2=S)cc1OC. The molecule has 0 bridgehead atoms. The van der Waals surface area contributed by atoms with Crippen LogP contribution in [0.4, 0.5) is 0 Å². The molecule has 1 fully saturated rings. The number of thiocarbonyl (C=S) groups is 1. The highest BCUT2D eigenvalue weighted by Gasteiger charge is 2.31. The van der Waals surface area contributed by atoms with E-state index in [1.807, 2.05) is 25.1 Å². The highest BCUT2D eigenvalue weighted by atomic mass is 32.1. The first-order chi connectivity index (χ1) is 9.56. The zero-order valence-corrected chi connectivity index (χ0v) is 12.6. The van der Waals surface area contributed by atoms with Gasteiger partial charge in [-0.3, -0.25) is 9.69 Å². The topological polar surface area (TPSA) is 50.8 Å². The van der Waals surface area contributed by atoms with Crippen molar-refractivity contribution >= 4 is 23.2 Å². The zero-order valence-electron chi connectivity index (χ0n) is 11.8. The quantitative estimate of drug-likeness (QED) is 0.831. The number of hydrogen-bond acceptors (Lipinski definition) is 4. The Balaban J connectivity index is 2.04. The molecule has 1 atom stereocenters. The number of carbonyl (C=O) groups excluding carboxylic acids is 1. The van der Waals surface area contributed by atoms with Gasteiger partial charge in [0.05, 0.1) is 14.2 Å². The minimum absolute atomic E-state index is 0.0236. The standard InChI is InChI=1S/C14H18N2O3S/c1-9-13(17)16(14(20)15-9)7-6-10-4-5-11(18-2)12(8-10)19-3/h4-5,8-9H,6-7H2,1-3H3,(H,15,20). The van der Waals surface area contributed by atoms with Crippen LogP contribution >= 0.6 is 12.2 Å². The summed E-state index contributed by atoms with van der Waals surface area (Å²) in [6.07, 6.45) is 0.709. The first-order valence-corrected chi connectivity index (χ1v) is 6.80. The third kappa shape index (κ3) is 2.85. The zero-order chi connectivity index (χ0) is 14.7. The van der Waals surface area contributed by atoms with Gasteiger partial charge in [-0.2, -0.15) is 0 Å². The van der Waals surface area contributed by atoms with Gasteiger partial charge in [0.25, 0.3) is 5.91 Å². The summed E-state index contributed by atoms with van der Waals surface area (Å²) in [4.78, 5) is 13.5. The van der Waals surface area contributed by atoms with Crippen molar-refractivity contribution in [3.05, 3.63) is 23.8 Å². The molecule has 20 heavy (non-hydrogen) atoms. The molecule has 1 aliphatic rings. The van der Waals surface area contributed by atoms with Crippen LogP contribution in [0.1, 0.15) is 12.5 Å². The van der Waals surface area contributed by atoms with Crippen LogP contribution in [0.2, 0.25) is 0 Å². The van der Waals surface area contributed by atoms with Crippen LogP contribution in [-0.2, 0) is 11.2 Å². The van der Waals surface area contributed by atoms with E-state index in [0.29, 0.717) is 29.6 Å². The summed E-state index contributed by atoms with van der Waals surface area (Å²) in [5.41, 5.74) is 1.07. The lowest BCUT2D eigenvalue weighted by atomic mass is 10.1. The minimum atomic E-state index is -0.229. The fourth-order valence-electron chi connectivity index (χ4n) is 2.15. The van der Waals surface area contributed by atoms with Crippen molar-refractivity contribution in [2.24, 2.45) is 0 Å². The van der Waals surface area contributed by atoms with E-state index in [1.54, 1.807) is 19.1 Å². The van der Waals surface area contributed by atoms with Gasteiger partial charge >= 0.3 is 0 Å². The molecule has 6 heteroatoms. The van der Waals surface area contributed by atoms with Crippen molar-refractivity contribution in [3.8, 4) is 11.5 Å². The second-order valence-corrected chi connectivity index (χ2v) is 4.99. The summed E-state index contributed by atoms with van der Waals surface area (Å²) in [6, 6.07) is 5.51. The molecule has 0 aliphatic carbocycles. The Morgan fingerprint density at radius 1 is 1.30 bits per heavy atom. The molecule has 1 unspecified atom stereocenters. The molecule has 1 aliphatic heterocycles. The van der Waals surface area contributed by atoms with Crippen LogP contribution in [0.15, 0.2) is 18.2 Å². The normalized spacial score (nSPS) is 18.1. The Hall–Kier alpha value is -1.82. The molecule has 5 nitrogen and oxygen atoms in total. The monoisotopic (exact) mass is 294 g/mol. The predicted octanol–water partition coefficient (Wildman–Crippen LogP) is 1.35. The van der Waals surface area contributed by atoms with Crippen LogP contribution in [0, 0.1) is 0 Å². The lowest BCUT2D eigenvalue weighted by molar-refractivity contribution is -0.126. The lowest BCUT2D eigenvalue weighted by Gasteiger charge is -2.15. The summed E-state index contributed by atoms with van der Waals surface area (Å²) >= 11 is 5.15. The van der Waals surface area contributed by atoms with Crippen LogP contribution in [-0.4, -0.2) is 42.7 Å². The van der Waals surface area contributed by atoms with Gasteiger partial charge in [0, 0.05) is 6.54 Å². The lowest BCUT2D eigenvalue weighted by Crippen LogP contribution is -2.32. The van der Waals surface area contributed by atoms with E-state index in [1.165, 1.54) is 0 Å². The summed E-state index contributed by atoms with van der Waals surface area (Å²) in [7, 11) is 3.21. The van der Waals surface area contributed by atoms with E-state index in [2.05, 4.69) is 5.32 Å². The number of nitrogens with one attached hydrogen (secondary N) is 1. The van der Waals surface area contributed by atoms with Crippen LogP contribution in [0.25, 0.3) is 0 Å². The summed E-state index contributed by atoms with van der Waals surface area (Å²) in [5, 5.41) is 3.46. The van der Waals surface area contributed by atoms with Crippen molar-refractivity contribution in [2.45, 2.75) is 19.4 Å². The van der Waals surface area contributed by atoms with E-state index in [4.69, 9.17) is 21.7 Å². The Kier molecular flexibility index (Phi) is 4.44. The molecule has 1 aromatic carbocycles. The molecule has 1 amide bonds. The second kappa shape index (κ2) is 6.09. The third-order valence-electron chi connectivity index (χ3n) is 3.29. The van der Waals surface area contributed by atoms with Gasteiger partial charge in [-0.25, -0.2) is 0 Å². The van der Waals surface area contributed by atoms with Crippen molar-refractivity contribution in [1.29, 1.82) is 0 Å². The average molecular weight is 294 g/mol. The smallest absolute Gasteiger partial charge is 0.251 e. The molecular weight excluding hydrogens is 276 g/mol.